The number of ether oxygens (including phenoxy) is 2. The van der Waals surface area contributed by atoms with Gasteiger partial charge in [-0.1, -0.05) is 33.1 Å². The van der Waals surface area contributed by atoms with Gasteiger partial charge in [0.15, 0.2) is 0 Å². The van der Waals surface area contributed by atoms with Crippen molar-refractivity contribution >= 4 is 11.6 Å². The lowest BCUT2D eigenvalue weighted by atomic mass is 9.83. The van der Waals surface area contributed by atoms with E-state index in [-0.39, 0.29) is 12.0 Å². The summed E-state index contributed by atoms with van der Waals surface area (Å²) in [6.45, 7) is 11.0. The highest BCUT2D eigenvalue weighted by atomic mass is 16.5. The molecule has 0 unspecified atom stereocenters. The zero-order valence-corrected chi connectivity index (χ0v) is 17.1. The zero-order chi connectivity index (χ0) is 19.2. The fourth-order valence-electron chi connectivity index (χ4n) is 3.60. The Bertz CT molecular complexity index is 582. The Balaban J connectivity index is 2.16. The first-order valence-corrected chi connectivity index (χ1v) is 10.1. The summed E-state index contributed by atoms with van der Waals surface area (Å²) >= 11 is 0. The summed E-state index contributed by atoms with van der Waals surface area (Å²) in [4.78, 5) is 13.1. The van der Waals surface area contributed by atoms with E-state index in [1.165, 1.54) is 6.42 Å². The Morgan fingerprint density at radius 2 is 1.77 bits per heavy atom. The van der Waals surface area contributed by atoms with E-state index in [0.29, 0.717) is 6.61 Å². The number of hydrogen-bond donors (Lipinski definition) is 1. The molecule has 1 atom stereocenters. The molecular weight excluding hydrogens is 326 g/mol. The topological polar surface area (TPSA) is 47.6 Å². The van der Waals surface area contributed by atoms with Crippen molar-refractivity contribution in [1.82, 2.24) is 0 Å². The monoisotopic (exact) mass is 361 g/mol. The van der Waals surface area contributed by atoms with Crippen LogP contribution in [-0.4, -0.2) is 24.2 Å². The molecule has 1 N–H and O–H groups in total. The van der Waals surface area contributed by atoms with Crippen LogP contribution in [-0.2, 0) is 9.53 Å². The maximum Gasteiger partial charge on any atom is 0.256 e. The zero-order valence-electron chi connectivity index (χ0n) is 17.1. The van der Waals surface area contributed by atoms with Gasteiger partial charge in [-0.2, -0.15) is 0 Å². The average molecular weight is 362 g/mol. The molecule has 1 aliphatic rings. The third kappa shape index (κ3) is 5.00. The molecule has 0 aromatic heterocycles. The van der Waals surface area contributed by atoms with E-state index in [1.54, 1.807) is 0 Å². The average Bonchev–Trinajstić information content (AvgIpc) is 2.63. The number of aryl methyl sites for hydroxylation is 2. The van der Waals surface area contributed by atoms with Gasteiger partial charge < -0.3 is 14.8 Å². The molecule has 4 heteroatoms. The van der Waals surface area contributed by atoms with Gasteiger partial charge in [0.25, 0.3) is 5.91 Å². The molecule has 1 aromatic carbocycles. The summed E-state index contributed by atoms with van der Waals surface area (Å²) in [6.07, 6.45) is 6.99. The maximum atomic E-state index is 13.1. The summed E-state index contributed by atoms with van der Waals surface area (Å²) in [5, 5.41) is 3.12. The van der Waals surface area contributed by atoms with Crippen LogP contribution in [0, 0.1) is 13.8 Å². The number of nitrogens with one attached hydrogen (secondary N) is 1. The molecule has 2 rings (SSSR count). The second kappa shape index (κ2) is 9.40. The molecule has 1 saturated carbocycles. The Labute approximate surface area is 158 Å². The highest BCUT2D eigenvalue weighted by Gasteiger charge is 2.40. The molecular formula is C22H35NO3. The van der Waals surface area contributed by atoms with Crippen molar-refractivity contribution in [3.05, 3.63) is 23.3 Å². The van der Waals surface area contributed by atoms with Crippen molar-refractivity contribution in [1.29, 1.82) is 0 Å². The van der Waals surface area contributed by atoms with Gasteiger partial charge in [-0.25, -0.2) is 0 Å². The minimum atomic E-state index is -0.665. The standard InChI is InChI=1S/C22H35NO3/c1-6-13-25-22(11-9-8-10-12-22)21(24)23-19-14-16(3)20(17(4)15-19)26-18(5)7-2/h14-15,18H,6-13H2,1-5H3,(H,23,24)/t18-/m1/s1. The van der Waals surface area contributed by atoms with E-state index in [1.807, 2.05) is 26.0 Å². The van der Waals surface area contributed by atoms with E-state index < -0.39 is 5.60 Å². The Morgan fingerprint density at radius 3 is 2.31 bits per heavy atom. The molecule has 1 amide bonds. The van der Waals surface area contributed by atoms with Crippen molar-refractivity contribution in [2.45, 2.75) is 91.3 Å². The van der Waals surface area contributed by atoms with E-state index in [2.05, 4.69) is 26.1 Å². The number of rotatable bonds is 8. The van der Waals surface area contributed by atoms with Crippen molar-refractivity contribution in [3.63, 3.8) is 0 Å². The predicted molar refractivity (Wildman–Crippen MR) is 107 cm³/mol. The second-order valence-corrected chi connectivity index (χ2v) is 7.63. The van der Waals surface area contributed by atoms with Gasteiger partial charge >= 0.3 is 0 Å². The first-order valence-electron chi connectivity index (χ1n) is 10.1. The minimum absolute atomic E-state index is 0.0000413. The Hall–Kier alpha value is -1.55. The summed E-state index contributed by atoms with van der Waals surface area (Å²) in [6, 6.07) is 4.00. The van der Waals surface area contributed by atoms with E-state index in [9.17, 15) is 4.79 Å². The van der Waals surface area contributed by atoms with Gasteiger partial charge in [-0.05, 0) is 69.7 Å². The first kappa shape index (κ1) is 20.8. The van der Waals surface area contributed by atoms with Crippen LogP contribution in [0.2, 0.25) is 0 Å². The molecule has 1 aromatic rings. The summed E-state index contributed by atoms with van der Waals surface area (Å²) < 4.78 is 12.1. The van der Waals surface area contributed by atoms with Crippen LogP contribution in [0.1, 0.15) is 76.8 Å². The van der Waals surface area contributed by atoms with Crippen molar-refractivity contribution in [2.24, 2.45) is 0 Å². The number of amides is 1. The van der Waals surface area contributed by atoms with Crippen molar-refractivity contribution in [2.75, 3.05) is 11.9 Å². The van der Waals surface area contributed by atoms with E-state index in [0.717, 1.165) is 61.1 Å². The van der Waals surface area contributed by atoms with Gasteiger partial charge in [0.1, 0.15) is 11.4 Å². The highest BCUT2D eigenvalue weighted by Crippen LogP contribution is 2.34. The molecule has 26 heavy (non-hydrogen) atoms. The second-order valence-electron chi connectivity index (χ2n) is 7.63. The summed E-state index contributed by atoms with van der Waals surface area (Å²) in [5.41, 5.74) is 2.26. The van der Waals surface area contributed by atoms with Crippen LogP contribution in [0.3, 0.4) is 0 Å². The summed E-state index contributed by atoms with van der Waals surface area (Å²) in [7, 11) is 0. The third-order valence-corrected chi connectivity index (χ3v) is 5.27. The highest BCUT2D eigenvalue weighted by molar-refractivity contribution is 5.97. The number of carbonyl (C=O) groups excluding carboxylic acids is 1. The molecule has 0 heterocycles. The van der Waals surface area contributed by atoms with Crippen molar-refractivity contribution in [3.8, 4) is 5.75 Å². The molecule has 1 aliphatic carbocycles. The van der Waals surface area contributed by atoms with Gasteiger partial charge in [0.2, 0.25) is 0 Å². The van der Waals surface area contributed by atoms with E-state index in [4.69, 9.17) is 9.47 Å². The number of anilines is 1. The Kier molecular flexibility index (Phi) is 7.51. The normalized spacial score (nSPS) is 17.6. The first-order chi connectivity index (χ1) is 12.4. The van der Waals surface area contributed by atoms with Crippen LogP contribution >= 0.6 is 0 Å². The Morgan fingerprint density at radius 1 is 1.15 bits per heavy atom. The van der Waals surface area contributed by atoms with Gasteiger partial charge in [0.05, 0.1) is 6.10 Å². The largest absolute Gasteiger partial charge is 0.490 e. The number of hydrogen-bond acceptors (Lipinski definition) is 3. The lowest BCUT2D eigenvalue weighted by Crippen LogP contribution is -2.47. The molecule has 146 valence electrons. The smallest absolute Gasteiger partial charge is 0.256 e. The number of carbonyl (C=O) groups is 1. The molecule has 0 aliphatic heterocycles. The van der Waals surface area contributed by atoms with Crippen LogP contribution in [0.4, 0.5) is 5.69 Å². The third-order valence-electron chi connectivity index (χ3n) is 5.27. The van der Waals surface area contributed by atoms with Crippen LogP contribution in [0.25, 0.3) is 0 Å². The lowest BCUT2D eigenvalue weighted by Gasteiger charge is -2.35. The van der Waals surface area contributed by atoms with Gasteiger partial charge in [-0.3, -0.25) is 4.79 Å². The number of benzene rings is 1. The molecule has 0 bridgehead atoms. The fourth-order valence-corrected chi connectivity index (χ4v) is 3.60. The SMILES string of the molecule is CCCOC1(C(=O)Nc2cc(C)c(O[C@H](C)CC)c(C)c2)CCCCC1. The quantitative estimate of drug-likeness (QED) is 0.660. The van der Waals surface area contributed by atoms with Crippen molar-refractivity contribution < 1.29 is 14.3 Å². The van der Waals surface area contributed by atoms with Crippen LogP contribution in [0.5, 0.6) is 5.75 Å². The maximum absolute atomic E-state index is 13.1. The molecule has 1 fully saturated rings. The predicted octanol–water partition coefficient (Wildman–Crippen LogP) is 5.55. The molecule has 0 spiro atoms. The fraction of sp³-hybridized carbons (Fsp3) is 0.682. The van der Waals surface area contributed by atoms with Gasteiger partial charge in [0, 0.05) is 12.3 Å². The van der Waals surface area contributed by atoms with Crippen LogP contribution in [0.15, 0.2) is 12.1 Å². The molecule has 4 nitrogen and oxygen atoms in total. The summed E-state index contributed by atoms with van der Waals surface area (Å²) in [5.74, 6) is 0.923. The molecule has 0 saturated heterocycles. The lowest BCUT2D eigenvalue weighted by molar-refractivity contribution is -0.146. The van der Waals surface area contributed by atoms with Crippen LogP contribution < -0.4 is 10.1 Å². The minimum Gasteiger partial charge on any atom is -0.490 e. The molecule has 0 radical (unpaired) electrons. The van der Waals surface area contributed by atoms with Gasteiger partial charge in [-0.15, -0.1) is 0 Å². The van der Waals surface area contributed by atoms with E-state index >= 15 is 0 Å².